The molecule has 0 aliphatic rings. The molecule has 0 bridgehead atoms. The van der Waals surface area contributed by atoms with Crippen molar-refractivity contribution in [1.29, 1.82) is 0 Å². The Morgan fingerprint density at radius 3 is 2.18 bits per heavy atom. The Kier molecular flexibility index (Phi) is 5.63. The van der Waals surface area contributed by atoms with Crippen LogP contribution in [0.5, 0.6) is 0 Å². The minimum atomic E-state index is -1.36. The van der Waals surface area contributed by atoms with Gasteiger partial charge in [-0.25, -0.2) is 8.93 Å². The molecular weight excluding hydrogens is 294 g/mol. The van der Waals surface area contributed by atoms with Crippen molar-refractivity contribution in [2.24, 2.45) is 5.92 Å². The highest BCUT2D eigenvalue weighted by atomic mass is 32.2. The molecule has 0 saturated carbocycles. The van der Waals surface area contributed by atoms with Crippen molar-refractivity contribution in [2.75, 3.05) is 0 Å². The summed E-state index contributed by atoms with van der Waals surface area (Å²) in [6.45, 7) is 5.42. The average Bonchev–Trinajstić information content (AvgIpc) is 2.53. The first-order chi connectivity index (χ1) is 10.5. The van der Waals surface area contributed by atoms with Gasteiger partial charge in [0.05, 0.1) is 10.9 Å². The first-order valence-corrected chi connectivity index (χ1v) is 8.44. The van der Waals surface area contributed by atoms with Crippen molar-refractivity contribution in [3.63, 3.8) is 0 Å². The largest absolute Gasteiger partial charge is 0.300 e. The topological polar surface area (TPSA) is 46.2 Å². The summed E-state index contributed by atoms with van der Waals surface area (Å²) in [6.07, 6.45) is 0. The second-order valence-corrected chi connectivity index (χ2v) is 6.73. The molecule has 4 heteroatoms. The van der Waals surface area contributed by atoms with E-state index in [1.54, 1.807) is 6.92 Å². The molecule has 2 aromatic carbocycles. The smallest absolute Gasteiger partial charge is 0.134 e. The zero-order valence-corrected chi connectivity index (χ0v) is 13.9. The lowest BCUT2D eigenvalue weighted by Gasteiger charge is -2.23. The van der Waals surface area contributed by atoms with Crippen LogP contribution in [0.1, 0.15) is 31.0 Å². The van der Waals surface area contributed by atoms with E-state index >= 15 is 0 Å². The zero-order valence-electron chi connectivity index (χ0n) is 13.1. The first-order valence-electron chi connectivity index (χ1n) is 7.29. The molecule has 3 nitrogen and oxygen atoms in total. The summed E-state index contributed by atoms with van der Waals surface area (Å²) in [5, 5.41) is 0. The van der Waals surface area contributed by atoms with Crippen LogP contribution in [0.15, 0.2) is 59.5 Å². The van der Waals surface area contributed by atoms with Crippen LogP contribution < -0.4 is 4.72 Å². The van der Waals surface area contributed by atoms with Crippen LogP contribution in [-0.2, 0) is 15.8 Å². The molecule has 1 unspecified atom stereocenters. The van der Waals surface area contributed by atoms with Gasteiger partial charge in [-0.1, -0.05) is 55.0 Å². The third-order valence-corrected chi connectivity index (χ3v) is 4.94. The molecule has 0 aliphatic heterocycles. The summed E-state index contributed by atoms with van der Waals surface area (Å²) < 4.78 is 15.7. The number of carbonyl (C=O) groups excluding carboxylic acids is 1. The minimum Gasteiger partial charge on any atom is -0.300 e. The Morgan fingerprint density at radius 1 is 1.05 bits per heavy atom. The fourth-order valence-electron chi connectivity index (χ4n) is 2.20. The fourth-order valence-corrected chi connectivity index (χ4v) is 3.29. The maximum atomic E-state index is 12.6. The van der Waals surface area contributed by atoms with Crippen LogP contribution in [0, 0.1) is 12.8 Å². The summed E-state index contributed by atoms with van der Waals surface area (Å²) >= 11 is 0. The highest BCUT2D eigenvalue weighted by molar-refractivity contribution is 7.83. The summed E-state index contributed by atoms with van der Waals surface area (Å²) in [6, 6.07) is 16.9. The van der Waals surface area contributed by atoms with E-state index in [0.717, 1.165) is 11.1 Å². The van der Waals surface area contributed by atoms with Gasteiger partial charge in [0.25, 0.3) is 0 Å². The maximum Gasteiger partial charge on any atom is 0.134 e. The number of nitrogens with one attached hydrogen (secondary N) is 1. The first kappa shape index (κ1) is 16.6. The molecule has 3 atom stereocenters. The van der Waals surface area contributed by atoms with Gasteiger partial charge >= 0.3 is 0 Å². The van der Waals surface area contributed by atoms with Gasteiger partial charge in [-0.3, -0.25) is 4.79 Å². The van der Waals surface area contributed by atoms with Crippen LogP contribution >= 0.6 is 0 Å². The molecule has 0 fully saturated rings. The average molecular weight is 315 g/mol. The second kappa shape index (κ2) is 7.47. The summed E-state index contributed by atoms with van der Waals surface area (Å²) in [5.41, 5.74) is 2.09. The Bertz CT molecular complexity index is 653. The van der Waals surface area contributed by atoms with E-state index < -0.39 is 11.0 Å². The van der Waals surface area contributed by atoms with E-state index in [1.165, 1.54) is 0 Å². The van der Waals surface area contributed by atoms with Crippen LogP contribution in [0.25, 0.3) is 0 Å². The fraction of sp³-hybridized carbons (Fsp3) is 0.278. The van der Waals surface area contributed by atoms with Crippen molar-refractivity contribution in [3.8, 4) is 0 Å². The highest BCUT2D eigenvalue weighted by Gasteiger charge is 2.24. The number of carbonyl (C=O) groups is 1. The van der Waals surface area contributed by atoms with E-state index in [2.05, 4.69) is 4.72 Å². The van der Waals surface area contributed by atoms with Crippen LogP contribution in [-0.4, -0.2) is 9.99 Å². The molecule has 0 saturated heterocycles. The zero-order chi connectivity index (χ0) is 16.1. The molecule has 2 rings (SSSR count). The number of aryl methyl sites for hydroxylation is 1. The predicted octanol–water partition coefficient (Wildman–Crippen LogP) is 3.57. The Labute approximate surface area is 134 Å². The van der Waals surface area contributed by atoms with Gasteiger partial charge < -0.3 is 0 Å². The van der Waals surface area contributed by atoms with Crippen LogP contribution in [0.4, 0.5) is 0 Å². The molecule has 1 N–H and O–H groups in total. The summed E-state index contributed by atoms with van der Waals surface area (Å²) in [4.78, 5) is 12.5. The van der Waals surface area contributed by atoms with Crippen LogP contribution in [0.2, 0.25) is 0 Å². The molecular formula is C18H21NO2S. The normalized spacial score (nSPS) is 15.0. The van der Waals surface area contributed by atoms with E-state index in [9.17, 15) is 9.00 Å². The van der Waals surface area contributed by atoms with Crippen molar-refractivity contribution in [2.45, 2.75) is 31.7 Å². The SMILES string of the molecule is CC(=O)[C@@H](C)[C@@H](NS(=O)c1ccc(C)cc1)c1ccccc1. The Hall–Kier alpha value is -1.78. The predicted molar refractivity (Wildman–Crippen MR) is 89.8 cm³/mol. The van der Waals surface area contributed by atoms with Gasteiger partial charge in [-0.05, 0) is 31.5 Å². The monoisotopic (exact) mass is 315 g/mol. The summed E-state index contributed by atoms with van der Waals surface area (Å²) in [7, 11) is -1.36. The molecule has 22 heavy (non-hydrogen) atoms. The third kappa shape index (κ3) is 4.12. The van der Waals surface area contributed by atoms with Gasteiger partial charge in [-0.2, -0.15) is 0 Å². The quantitative estimate of drug-likeness (QED) is 0.885. The van der Waals surface area contributed by atoms with E-state index in [4.69, 9.17) is 0 Å². The standard InChI is InChI=1S/C18H21NO2S/c1-13-9-11-17(12-10-13)22(21)19-18(14(2)15(3)20)16-7-5-4-6-8-16/h4-12,14,18-19H,1-3H3/t14-,18-,22?/m1/s1. The lowest BCUT2D eigenvalue weighted by atomic mass is 9.93. The van der Waals surface area contributed by atoms with E-state index in [-0.39, 0.29) is 17.7 Å². The van der Waals surface area contributed by atoms with Gasteiger partial charge in [0.15, 0.2) is 0 Å². The lowest BCUT2D eigenvalue weighted by molar-refractivity contribution is -0.120. The van der Waals surface area contributed by atoms with Crippen molar-refractivity contribution in [1.82, 2.24) is 4.72 Å². The lowest BCUT2D eigenvalue weighted by Crippen LogP contribution is -2.31. The summed E-state index contributed by atoms with van der Waals surface area (Å²) in [5.74, 6) is -0.181. The number of hydrogen-bond acceptors (Lipinski definition) is 2. The molecule has 0 aromatic heterocycles. The molecule has 0 spiro atoms. The number of Topliss-reactive ketones (excluding diaryl/α,β-unsaturated/α-hetero) is 1. The van der Waals surface area contributed by atoms with E-state index in [1.807, 2.05) is 68.4 Å². The van der Waals surface area contributed by atoms with Crippen molar-refractivity contribution in [3.05, 3.63) is 65.7 Å². The third-order valence-electron chi connectivity index (χ3n) is 3.77. The highest BCUT2D eigenvalue weighted by Crippen LogP contribution is 2.24. The van der Waals surface area contributed by atoms with Crippen LogP contribution in [0.3, 0.4) is 0 Å². The molecule has 0 heterocycles. The maximum absolute atomic E-state index is 12.6. The van der Waals surface area contributed by atoms with Gasteiger partial charge in [0, 0.05) is 5.92 Å². The molecule has 116 valence electrons. The number of ketones is 1. The minimum absolute atomic E-state index is 0.0715. The molecule has 0 radical (unpaired) electrons. The molecule has 0 amide bonds. The van der Waals surface area contributed by atoms with Gasteiger partial charge in [0.1, 0.15) is 16.8 Å². The molecule has 2 aromatic rings. The second-order valence-electron chi connectivity index (χ2n) is 5.49. The Balaban J connectivity index is 2.25. The Morgan fingerprint density at radius 2 is 1.64 bits per heavy atom. The number of rotatable bonds is 6. The van der Waals surface area contributed by atoms with Gasteiger partial charge in [0.2, 0.25) is 0 Å². The van der Waals surface area contributed by atoms with Crippen molar-refractivity contribution < 1.29 is 9.00 Å². The molecule has 0 aliphatic carbocycles. The van der Waals surface area contributed by atoms with Gasteiger partial charge in [-0.15, -0.1) is 0 Å². The van der Waals surface area contributed by atoms with Crippen molar-refractivity contribution >= 4 is 16.8 Å². The van der Waals surface area contributed by atoms with E-state index in [0.29, 0.717) is 4.90 Å². The number of benzene rings is 2. The number of hydrogen-bond donors (Lipinski definition) is 1.